The van der Waals surface area contributed by atoms with Gasteiger partial charge in [-0.25, -0.2) is 4.79 Å². The summed E-state index contributed by atoms with van der Waals surface area (Å²) in [6.07, 6.45) is -0.963. The lowest BCUT2D eigenvalue weighted by Gasteiger charge is -2.16. The van der Waals surface area contributed by atoms with Gasteiger partial charge < -0.3 is 24.8 Å². The molecule has 1 fully saturated rings. The molecule has 2 atom stereocenters. The molecule has 1 aromatic carbocycles. The highest BCUT2D eigenvalue weighted by Gasteiger charge is 2.33. The standard InChI is InChI=1S/C14H19ClN2O4/c1-20-13-9-17(8-11(13)18)14(19)16-6-7-21-12-5-3-2-4-10(12)15/h2-5,11,13,18H,6-9H2,1H3,(H,16,19)/t11-,13-/m0/s1. The number of likely N-dealkylation sites (tertiary alicyclic amines) is 1. The number of amides is 2. The molecular formula is C14H19ClN2O4. The van der Waals surface area contributed by atoms with Crippen LogP contribution < -0.4 is 10.1 Å². The Morgan fingerprint density at radius 2 is 2.24 bits per heavy atom. The lowest BCUT2D eigenvalue weighted by molar-refractivity contribution is 0.0215. The molecule has 7 heteroatoms. The number of aliphatic hydroxyl groups is 1. The van der Waals surface area contributed by atoms with E-state index < -0.39 is 6.10 Å². The molecule has 2 N–H and O–H groups in total. The van der Waals surface area contributed by atoms with E-state index in [4.69, 9.17) is 21.1 Å². The van der Waals surface area contributed by atoms with Gasteiger partial charge in [0.2, 0.25) is 0 Å². The predicted molar refractivity (Wildman–Crippen MR) is 78.7 cm³/mol. The first-order chi connectivity index (χ1) is 10.1. The maximum Gasteiger partial charge on any atom is 0.317 e. The van der Waals surface area contributed by atoms with Crippen LogP contribution in [-0.2, 0) is 4.74 Å². The summed E-state index contributed by atoms with van der Waals surface area (Å²) in [6, 6.07) is 6.92. The van der Waals surface area contributed by atoms with Crippen LogP contribution in [0, 0.1) is 0 Å². The third-order valence-electron chi connectivity index (χ3n) is 3.30. The van der Waals surface area contributed by atoms with Gasteiger partial charge in [0.15, 0.2) is 0 Å². The summed E-state index contributed by atoms with van der Waals surface area (Å²) in [5.74, 6) is 0.587. The molecule has 0 spiro atoms. The molecule has 1 saturated heterocycles. The third kappa shape index (κ3) is 4.23. The number of urea groups is 1. The molecule has 0 saturated carbocycles. The highest BCUT2D eigenvalue weighted by atomic mass is 35.5. The van der Waals surface area contributed by atoms with Crippen molar-refractivity contribution in [3.8, 4) is 5.75 Å². The molecule has 0 aromatic heterocycles. The van der Waals surface area contributed by atoms with Crippen LogP contribution in [0.15, 0.2) is 24.3 Å². The first kappa shape index (κ1) is 15.9. The highest BCUT2D eigenvalue weighted by Crippen LogP contribution is 2.22. The van der Waals surface area contributed by atoms with Crippen LogP contribution in [0.4, 0.5) is 4.79 Å². The normalized spacial score (nSPS) is 21.4. The number of ether oxygens (including phenoxy) is 2. The number of nitrogens with one attached hydrogen (secondary N) is 1. The van der Waals surface area contributed by atoms with Crippen LogP contribution >= 0.6 is 11.6 Å². The van der Waals surface area contributed by atoms with E-state index >= 15 is 0 Å². The molecule has 21 heavy (non-hydrogen) atoms. The number of hydrogen-bond acceptors (Lipinski definition) is 4. The largest absolute Gasteiger partial charge is 0.490 e. The Balaban J connectivity index is 1.69. The number of methoxy groups -OCH3 is 1. The maximum atomic E-state index is 11.9. The minimum atomic E-state index is -0.639. The van der Waals surface area contributed by atoms with Gasteiger partial charge in [-0.2, -0.15) is 0 Å². The molecule has 0 bridgehead atoms. The van der Waals surface area contributed by atoms with E-state index in [0.29, 0.717) is 30.5 Å². The van der Waals surface area contributed by atoms with Gasteiger partial charge in [0.1, 0.15) is 18.5 Å². The summed E-state index contributed by atoms with van der Waals surface area (Å²) in [7, 11) is 1.52. The van der Waals surface area contributed by atoms with E-state index in [9.17, 15) is 9.90 Å². The van der Waals surface area contributed by atoms with Crippen LogP contribution in [0.5, 0.6) is 5.75 Å². The molecule has 0 radical (unpaired) electrons. The molecule has 2 amide bonds. The highest BCUT2D eigenvalue weighted by molar-refractivity contribution is 6.32. The molecule has 2 rings (SSSR count). The first-order valence-electron chi connectivity index (χ1n) is 6.72. The molecule has 0 aliphatic carbocycles. The van der Waals surface area contributed by atoms with E-state index in [-0.39, 0.29) is 18.7 Å². The molecule has 1 aromatic rings. The monoisotopic (exact) mass is 314 g/mol. The minimum Gasteiger partial charge on any atom is -0.490 e. The Hall–Kier alpha value is -1.50. The molecule has 116 valence electrons. The summed E-state index contributed by atoms with van der Waals surface area (Å²) in [4.78, 5) is 13.4. The molecule has 6 nitrogen and oxygen atoms in total. The van der Waals surface area contributed by atoms with Crippen LogP contribution in [0.2, 0.25) is 5.02 Å². The third-order valence-corrected chi connectivity index (χ3v) is 3.61. The number of β-amino-alcohol motifs (C(OH)–C–C–N with tert-alkyl or cyclic N) is 1. The van der Waals surface area contributed by atoms with Crippen LogP contribution in [0.25, 0.3) is 0 Å². The SMILES string of the molecule is CO[C@H]1CN(C(=O)NCCOc2ccccc2Cl)C[C@@H]1O. The van der Waals surface area contributed by atoms with Gasteiger partial charge in [0.25, 0.3) is 0 Å². The average molecular weight is 315 g/mol. The van der Waals surface area contributed by atoms with Crippen molar-refractivity contribution in [2.45, 2.75) is 12.2 Å². The molecule has 1 heterocycles. The number of carbonyl (C=O) groups is 1. The fourth-order valence-electron chi connectivity index (χ4n) is 2.15. The lowest BCUT2D eigenvalue weighted by Crippen LogP contribution is -2.40. The summed E-state index contributed by atoms with van der Waals surface area (Å²) >= 11 is 5.96. The Labute approximate surface area is 128 Å². The van der Waals surface area contributed by atoms with Gasteiger partial charge in [-0.1, -0.05) is 23.7 Å². The van der Waals surface area contributed by atoms with Crippen LogP contribution in [-0.4, -0.2) is 61.6 Å². The lowest BCUT2D eigenvalue weighted by atomic mass is 10.3. The van der Waals surface area contributed by atoms with E-state index in [1.54, 1.807) is 12.1 Å². The summed E-state index contributed by atoms with van der Waals surface area (Å²) in [6.45, 7) is 1.33. The fraction of sp³-hybridized carbons (Fsp3) is 0.500. The van der Waals surface area contributed by atoms with E-state index in [1.165, 1.54) is 12.0 Å². The zero-order chi connectivity index (χ0) is 15.2. The number of hydrogen-bond donors (Lipinski definition) is 2. The molecule has 1 aliphatic heterocycles. The van der Waals surface area contributed by atoms with Gasteiger partial charge in [-0.3, -0.25) is 0 Å². The smallest absolute Gasteiger partial charge is 0.317 e. The number of aliphatic hydroxyl groups excluding tert-OH is 1. The van der Waals surface area contributed by atoms with Gasteiger partial charge >= 0.3 is 6.03 Å². The van der Waals surface area contributed by atoms with E-state index in [2.05, 4.69) is 5.32 Å². The maximum absolute atomic E-state index is 11.9. The zero-order valence-corrected chi connectivity index (χ0v) is 12.5. The van der Waals surface area contributed by atoms with Crippen LogP contribution in [0.1, 0.15) is 0 Å². The van der Waals surface area contributed by atoms with E-state index in [0.717, 1.165) is 0 Å². The van der Waals surface area contributed by atoms with Crippen molar-refractivity contribution in [3.05, 3.63) is 29.3 Å². The number of carbonyl (C=O) groups excluding carboxylic acids is 1. The van der Waals surface area contributed by atoms with Gasteiger partial charge in [0, 0.05) is 7.11 Å². The Bertz CT molecular complexity index is 486. The van der Waals surface area contributed by atoms with Crippen molar-refractivity contribution in [2.75, 3.05) is 33.4 Å². The first-order valence-corrected chi connectivity index (χ1v) is 7.10. The minimum absolute atomic E-state index is 0.239. The number of halogens is 1. The molecule has 1 aliphatic rings. The second-order valence-electron chi connectivity index (χ2n) is 4.76. The summed E-state index contributed by atoms with van der Waals surface area (Å²) in [5.41, 5.74) is 0. The predicted octanol–water partition coefficient (Wildman–Crippen LogP) is 1.12. The van der Waals surface area contributed by atoms with Crippen LogP contribution in [0.3, 0.4) is 0 Å². The number of para-hydroxylation sites is 1. The quantitative estimate of drug-likeness (QED) is 0.799. The van der Waals surface area contributed by atoms with Crippen molar-refractivity contribution in [2.24, 2.45) is 0 Å². The average Bonchev–Trinajstić information content (AvgIpc) is 2.86. The van der Waals surface area contributed by atoms with Gasteiger partial charge in [0.05, 0.1) is 30.8 Å². The second-order valence-corrected chi connectivity index (χ2v) is 5.16. The number of benzene rings is 1. The van der Waals surface area contributed by atoms with Gasteiger partial charge in [-0.15, -0.1) is 0 Å². The van der Waals surface area contributed by atoms with Crippen molar-refractivity contribution < 1.29 is 19.4 Å². The Kier molecular flexibility index (Phi) is 5.67. The topological polar surface area (TPSA) is 71.0 Å². The van der Waals surface area contributed by atoms with Crippen molar-refractivity contribution in [1.29, 1.82) is 0 Å². The number of nitrogens with zero attached hydrogens (tertiary/aromatic N) is 1. The fourth-order valence-corrected chi connectivity index (χ4v) is 2.34. The molecular weight excluding hydrogens is 296 g/mol. The summed E-state index contributed by atoms with van der Waals surface area (Å²) < 4.78 is 10.6. The Morgan fingerprint density at radius 3 is 2.90 bits per heavy atom. The van der Waals surface area contributed by atoms with Crippen molar-refractivity contribution >= 4 is 17.6 Å². The van der Waals surface area contributed by atoms with Crippen molar-refractivity contribution in [3.63, 3.8) is 0 Å². The number of rotatable bonds is 5. The van der Waals surface area contributed by atoms with E-state index in [1.807, 2.05) is 12.1 Å². The molecule has 0 unspecified atom stereocenters. The second kappa shape index (κ2) is 7.49. The van der Waals surface area contributed by atoms with Crippen molar-refractivity contribution in [1.82, 2.24) is 10.2 Å². The van der Waals surface area contributed by atoms with Gasteiger partial charge in [-0.05, 0) is 12.1 Å². The summed E-state index contributed by atoms with van der Waals surface area (Å²) in [5, 5.41) is 12.9. The Morgan fingerprint density at radius 1 is 1.48 bits per heavy atom. The zero-order valence-electron chi connectivity index (χ0n) is 11.8.